The first kappa shape index (κ1) is 21.0. The van der Waals surface area contributed by atoms with Gasteiger partial charge in [0.25, 0.3) is 0 Å². The number of hydrogen-bond donors (Lipinski definition) is 1. The minimum Gasteiger partial charge on any atom is -0.493 e. The summed E-state index contributed by atoms with van der Waals surface area (Å²) in [4.78, 5) is 17.5. The van der Waals surface area contributed by atoms with E-state index in [1.54, 1.807) is 32.4 Å². The van der Waals surface area contributed by atoms with Gasteiger partial charge in [0.2, 0.25) is 5.91 Å². The van der Waals surface area contributed by atoms with Gasteiger partial charge in [-0.1, -0.05) is 23.4 Å². The first-order chi connectivity index (χ1) is 13.8. The molecule has 29 heavy (non-hydrogen) atoms. The lowest BCUT2D eigenvalue weighted by Crippen LogP contribution is -2.22. The number of thioether (sulfide) groups is 1. The van der Waals surface area contributed by atoms with Crippen molar-refractivity contribution in [1.82, 2.24) is 4.98 Å². The van der Waals surface area contributed by atoms with E-state index in [9.17, 15) is 4.79 Å². The summed E-state index contributed by atoms with van der Waals surface area (Å²) in [7, 11) is 3.15. The van der Waals surface area contributed by atoms with Crippen LogP contribution in [0.5, 0.6) is 11.5 Å². The lowest BCUT2D eigenvalue weighted by Gasteiger charge is -2.15. The number of amides is 1. The highest BCUT2D eigenvalue weighted by atomic mass is 32.2. The summed E-state index contributed by atoms with van der Waals surface area (Å²) in [6.07, 6.45) is 0. The largest absolute Gasteiger partial charge is 0.493 e. The summed E-state index contributed by atoms with van der Waals surface area (Å²) in [5.74, 6) is 1.10. The van der Waals surface area contributed by atoms with Gasteiger partial charge in [0.05, 0.1) is 30.0 Å². The molecule has 3 aromatic rings. The fourth-order valence-electron chi connectivity index (χ4n) is 3.27. The van der Waals surface area contributed by atoms with E-state index in [-0.39, 0.29) is 11.2 Å². The van der Waals surface area contributed by atoms with Gasteiger partial charge in [-0.15, -0.1) is 0 Å². The number of carbonyl (C=O) groups is 1. The molecule has 0 saturated carbocycles. The predicted octanol–water partition coefficient (Wildman–Crippen LogP) is 5.30. The average molecular weight is 411 g/mol. The summed E-state index contributed by atoms with van der Waals surface area (Å²) >= 11 is 1.45. The van der Waals surface area contributed by atoms with Crippen LogP contribution in [0.4, 0.5) is 5.69 Å². The second kappa shape index (κ2) is 8.74. The molecule has 5 nitrogen and oxygen atoms in total. The van der Waals surface area contributed by atoms with Crippen LogP contribution in [0.15, 0.2) is 41.4 Å². The van der Waals surface area contributed by atoms with E-state index in [1.165, 1.54) is 17.3 Å². The van der Waals surface area contributed by atoms with Crippen LogP contribution in [0.3, 0.4) is 0 Å². The first-order valence-electron chi connectivity index (χ1n) is 9.40. The third-order valence-electron chi connectivity index (χ3n) is 4.75. The van der Waals surface area contributed by atoms with Crippen molar-refractivity contribution >= 4 is 34.3 Å². The van der Waals surface area contributed by atoms with Gasteiger partial charge in [-0.3, -0.25) is 4.79 Å². The number of ether oxygens (including phenoxy) is 2. The van der Waals surface area contributed by atoms with E-state index in [0.717, 1.165) is 27.1 Å². The molecule has 0 aliphatic heterocycles. The van der Waals surface area contributed by atoms with Crippen molar-refractivity contribution in [2.24, 2.45) is 0 Å². The maximum absolute atomic E-state index is 12.7. The number of carbonyl (C=O) groups excluding carboxylic acids is 1. The zero-order chi connectivity index (χ0) is 21.1. The smallest absolute Gasteiger partial charge is 0.237 e. The quantitative estimate of drug-likeness (QED) is 0.559. The van der Waals surface area contributed by atoms with Crippen molar-refractivity contribution in [3.63, 3.8) is 0 Å². The van der Waals surface area contributed by atoms with E-state index in [1.807, 2.05) is 13.0 Å². The van der Waals surface area contributed by atoms with Crippen LogP contribution in [0.1, 0.15) is 23.6 Å². The molecule has 152 valence electrons. The molecule has 1 aromatic heterocycles. The zero-order valence-corrected chi connectivity index (χ0v) is 18.4. The number of anilines is 1. The molecule has 0 fully saturated rings. The number of nitrogens with one attached hydrogen (secondary N) is 1. The van der Waals surface area contributed by atoms with Crippen molar-refractivity contribution in [3.05, 3.63) is 53.1 Å². The Morgan fingerprint density at radius 2 is 1.72 bits per heavy atom. The molecule has 0 bridgehead atoms. The number of benzene rings is 2. The molecule has 6 heteroatoms. The summed E-state index contributed by atoms with van der Waals surface area (Å²) < 4.78 is 10.5. The molecule has 1 amide bonds. The molecule has 3 rings (SSSR count). The molecule has 0 aliphatic rings. The van der Waals surface area contributed by atoms with Crippen LogP contribution in [0.2, 0.25) is 0 Å². The Morgan fingerprint density at radius 1 is 1.00 bits per heavy atom. The number of rotatable bonds is 6. The van der Waals surface area contributed by atoms with E-state index in [2.05, 4.69) is 38.2 Å². The third kappa shape index (κ3) is 4.65. The van der Waals surface area contributed by atoms with Crippen LogP contribution in [0, 0.1) is 20.8 Å². The van der Waals surface area contributed by atoms with Gasteiger partial charge < -0.3 is 14.8 Å². The number of nitrogens with zero attached hydrogens (tertiary/aromatic N) is 1. The number of hydrogen-bond acceptors (Lipinski definition) is 5. The summed E-state index contributed by atoms with van der Waals surface area (Å²) in [6, 6.07) is 11.7. The molecule has 1 unspecified atom stereocenters. The third-order valence-corrected chi connectivity index (χ3v) is 5.77. The molecule has 1 N–H and O–H groups in total. The Balaban J connectivity index is 1.77. The molecule has 1 heterocycles. The average Bonchev–Trinajstić information content (AvgIpc) is 2.68. The van der Waals surface area contributed by atoms with Gasteiger partial charge >= 0.3 is 0 Å². The second-order valence-electron chi connectivity index (χ2n) is 7.07. The maximum Gasteiger partial charge on any atom is 0.237 e. The maximum atomic E-state index is 12.7. The van der Waals surface area contributed by atoms with Crippen molar-refractivity contribution in [1.29, 1.82) is 0 Å². The minimum atomic E-state index is -0.307. The highest BCUT2D eigenvalue weighted by Gasteiger charge is 2.17. The number of aryl methyl sites for hydroxylation is 3. The highest BCUT2D eigenvalue weighted by Crippen LogP contribution is 2.31. The standard InChI is InChI=1S/C23H26N2O3S/c1-13-9-15(3)22-18(10-13)14(2)11-21(25-22)29-16(4)23(26)24-17-7-8-19(27-5)20(12-17)28-6/h7-12,16H,1-6H3,(H,24,26). The Morgan fingerprint density at radius 3 is 2.41 bits per heavy atom. The minimum absolute atomic E-state index is 0.0950. The number of aromatic nitrogens is 1. The molecule has 1 atom stereocenters. The molecular formula is C23H26N2O3S. The predicted molar refractivity (Wildman–Crippen MR) is 119 cm³/mol. The van der Waals surface area contributed by atoms with Crippen molar-refractivity contribution in [2.75, 3.05) is 19.5 Å². The fourth-order valence-corrected chi connectivity index (χ4v) is 4.18. The van der Waals surface area contributed by atoms with Crippen molar-refractivity contribution < 1.29 is 14.3 Å². The summed E-state index contributed by atoms with van der Waals surface area (Å²) in [5, 5.41) is 4.63. The van der Waals surface area contributed by atoms with E-state index in [0.29, 0.717) is 17.2 Å². The molecule has 2 aromatic carbocycles. The fraction of sp³-hybridized carbons (Fsp3) is 0.304. The number of pyridine rings is 1. The summed E-state index contributed by atoms with van der Waals surface area (Å²) in [6.45, 7) is 8.13. The normalized spacial score (nSPS) is 11.9. The van der Waals surface area contributed by atoms with Crippen LogP contribution in [0.25, 0.3) is 10.9 Å². The second-order valence-corrected chi connectivity index (χ2v) is 8.44. The van der Waals surface area contributed by atoms with Gasteiger partial charge in [0, 0.05) is 17.1 Å². The highest BCUT2D eigenvalue weighted by molar-refractivity contribution is 8.00. The lowest BCUT2D eigenvalue weighted by molar-refractivity contribution is -0.115. The molecule has 0 saturated heterocycles. The Kier molecular flexibility index (Phi) is 6.33. The number of fused-ring (bicyclic) bond motifs is 1. The van der Waals surface area contributed by atoms with E-state index in [4.69, 9.17) is 14.5 Å². The topological polar surface area (TPSA) is 60.5 Å². The number of methoxy groups -OCH3 is 2. The molecule has 0 radical (unpaired) electrons. The van der Waals surface area contributed by atoms with Crippen LogP contribution >= 0.6 is 11.8 Å². The van der Waals surface area contributed by atoms with Gasteiger partial charge in [-0.25, -0.2) is 4.98 Å². The molecular weight excluding hydrogens is 384 g/mol. The van der Waals surface area contributed by atoms with Crippen LogP contribution in [-0.4, -0.2) is 30.4 Å². The summed E-state index contributed by atoms with van der Waals surface area (Å²) in [5.41, 5.74) is 5.19. The molecule has 0 aliphatic carbocycles. The van der Waals surface area contributed by atoms with Gasteiger partial charge in [0.1, 0.15) is 0 Å². The van der Waals surface area contributed by atoms with Gasteiger partial charge in [-0.05, 0) is 63.1 Å². The SMILES string of the molecule is COc1ccc(NC(=O)C(C)Sc2cc(C)c3cc(C)cc(C)c3n2)cc1OC. The monoisotopic (exact) mass is 410 g/mol. The van der Waals surface area contributed by atoms with E-state index < -0.39 is 0 Å². The van der Waals surface area contributed by atoms with Gasteiger partial charge in [0.15, 0.2) is 11.5 Å². The van der Waals surface area contributed by atoms with Gasteiger partial charge in [-0.2, -0.15) is 0 Å². The Hall–Kier alpha value is -2.73. The lowest BCUT2D eigenvalue weighted by atomic mass is 10.0. The zero-order valence-electron chi connectivity index (χ0n) is 17.6. The van der Waals surface area contributed by atoms with Crippen molar-refractivity contribution in [3.8, 4) is 11.5 Å². The van der Waals surface area contributed by atoms with Crippen LogP contribution < -0.4 is 14.8 Å². The molecule has 0 spiro atoms. The van der Waals surface area contributed by atoms with Crippen molar-refractivity contribution in [2.45, 2.75) is 38.0 Å². The first-order valence-corrected chi connectivity index (χ1v) is 10.3. The van der Waals surface area contributed by atoms with E-state index >= 15 is 0 Å². The Labute approximate surface area is 175 Å². The Bertz CT molecular complexity index is 1070. The van der Waals surface area contributed by atoms with Crippen LogP contribution in [-0.2, 0) is 4.79 Å².